The molecule has 0 bridgehead atoms. The number of aliphatic imine (C=N–C) groups is 1. The molecular weight excluding hydrogens is 417 g/mol. The van der Waals surface area contributed by atoms with E-state index in [0.29, 0.717) is 33.8 Å². The third kappa shape index (κ3) is 3.52. The van der Waals surface area contributed by atoms with Gasteiger partial charge in [-0.05, 0) is 44.5 Å². The summed E-state index contributed by atoms with van der Waals surface area (Å²) in [5, 5.41) is 11.6. The molecule has 0 aliphatic heterocycles. The molecular formula is C24H19Cl2N3O. The lowest BCUT2D eigenvalue weighted by Crippen LogP contribution is -2.02. The minimum atomic E-state index is 0.341. The van der Waals surface area contributed by atoms with Crippen molar-refractivity contribution in [1.82, 2.24) is 4.57 Å². The number of benzene rings is 2. The van der Waals surface area contributed by atoms with Crippen molar-refractivity contribution >= 4 is 46.2 Å². The normalized spacial score (nSPS) is 11.5. The Balaban J connectivity index is 1.80. The van der Waals surface area contributed by atoms with Crippen LogP contribution in [0, 0.1) is 32.1 Å². The van der Waals surface area contributed by atoms with Crippen molar-refractivity contribution in [2.75, 3.05) is 0 Å². The van der Waals surface area contributed by atoms with E-state index in [-0.39, 0.29) is 0 Å². The second kappa shape index (κ2) is 8.02. The summed E-state index contributed by atoms with van der Waals surface area (Å²) in [6.45, 7) is 6.41. The van der Waals surface area contributed by atoms with Gasteiger partial charge < -0.3 is 8.98 Å². The standard InChI is InChI=1S/C24H19Cl2N3O/c1-14-16(3)30-24(19(14)11-27)28-12-20-15(2)29(23-7-5-4-6-18(20)23)13-17-8-9-21(25)22(26)10-17/h4-10,12H,13H2,1-3H3. The maximum atomic E-state index is 9.44. The van der Waals surface area contributed by atoms with Crippen LogP contribution in [0.2, 0.25) is 10.0 Å². The van der Waals surface area contributed by atoms with Crippen molar-refractivity contribution in [3.8, 4) is 6.07 Å². The van der Waals surface area contributed by atoms with Gasteiger partial charge in [-0.1, -0.05) is 47.5 Å². The predicted molar refractivity (Wildman–Crippen MR) is 122 cm³/mol. The number of nitrogens with zero attached hydrogens (tertiary/aromatic N) is 3. The van der Waals surface area contributed by atoms with Gasteiger partial charge >= 0.3 is 0 Å². The Hall–Kier alpha value is -3.00. The van der Waals surface area contributed by atoms with Crippen LogP contribution in [0.5, 0.6) is 0 Å². The van der Waals surface area contributed by atoms with Gasteiger partial charge in [-0.15, -0.1) is 0 Å². The summed E-state index contributed by atoms with van der Waals surface area (Å²) >= 11 is 12.3. The third-order valence-electron chi connectivity index (χ3n) is 5.39. The summed E-state index contributed by atoms with van der Waals surface area (Å²) in [6, 6.07) is 16.0. The van der Waals surface area contributed by atoms with Gasteiger partial charge in [0.05, 0.1) is 10.0 Å². The Morgan fingerprint density at radius 3 is 2.60 bits per heavy atom. The molecule has 150 valence electrons. The van der Waals surface area contributed by atoms with E-state index in [1.165, 1.54) is 0 Å². The zero-order valence-electron chi connectivity index (χ0n) is 16.8. The van der Waals surface area contributed by atoms with Crippen LogP contribution < -0.4 is 0 Å². The Morgan fingerprint density at radius 1 is 1.10 bits per heavy atom. The van der Waals surface area contributed by atoms with Gasteiger partial charge in [0.25, 0.3) is 0 Å². The topological polar surface area (TPSA) is 54.2 Å². The molecule has 0 radical (unpaired) electrons. The van der Waals surface area contributed by atoms with E-state index >= 15 is 0 Å². The van der Waals surface area contributed by atoms with Crippen LogP contribution in [0.3, 0.4) is 0 Å². The molecule has 0 unspecified atom stereocenters. The molecule has 0 spiro atoms. The summed E-state index contributed by atoms with van der Waals surface area (Å²) in [5.74, 6) is 1.05. The first-order valence-corrected chi connectivity index (χ1v) is 10.2. The second-order valence-electron chi connectivity index (χ2n) is 7.18. The van der Waals surface area contributed by atoms with Crippen LogP contribution >= 0.6 is 23.2 Å². The van der Waals surface area contributed by atoms with Crippen molar-refractivity contribution in [1.29, 1.82) is 5.26 Å². The fourth-order valence-corrected chi connectivity index (χ4v) is 3.92. The summed E-state index contributed by atoms with van der Waals surface area (Å²) in [6.07, 6.45) is 1.78. The highest BCUT2D eigenvalue weighted by atomic mass is 35.5. The van der Waals surface area contributed by atoms with Crippen molar-refractivity contribution in [3.05, 3.63) is 86.2 Å². The number of hydrogen-bond donors (Lipinski definition) is 0. The van der Waals surface area contributed by atoms with Crippen LogP contribution in [0.1, 0.15) is 33.7 Å². The molecule has 0 aliphatic carbocycles. The lowest BCUT2D eigenvalue weighted by Gasteiger charge is -2.09. The van der Waals surface area contributed by atoms with Crippen LogP contribution in [0.4, 0.5) is 5.88 Å². The first kappa shape index (κ1) is 20.3. The number of aryl methyl sites for hydroxylation is 1. The van der Waals surface area contributed by atoms with Crippen molar-refractivity contribution in [3.63, 3.8) is 0 Å². The molecule has 0 saturated carbocycles. The van der Waals surface area contributed by atoms with Crippen LogP contribution in [-0.2, 0) is 6.54 Å². The van der Waals surface area contributed by atoms with Crippen LogP contribution in [0.25, 0.3) is 10.9 Å². The maximum Gasteiger partial charge on any atom is 0.237 e. The van der Waals surface area contributed by atoms with Gasteiger partial charge in [0.1, 0.15) is 17.4 Å². The van der Waals surface area contributed by atoms with Crippen LogP contribution in [-0.4, -0.2) is 10.8 Å². The fraction of sp³-hybridized carbons (Fsp3) is 0.167. The minimum Gasteiger partial charge on any atom is -0.442 e. The predicted octanol–water partition coefficient (Wildman–Crippen LogP) is 7.14. The minimum absolute atomic E-state index is 0.341. The number of furan rings is 1. The van der Waals surface area contributed by atoms with Gasteiger partial charge in [0.2, 0.25) is 5.88 Å². The van der Waals surface area contributed by atoms with E-state index in [2.05, 4.69) is 34.7 Å². The molecule has 4 nitrogen and oxygen atoms in total. The molecule has 0 N–H and O–H groups in total. The van der Waals surface area contributed by atoms with Crippen molar-refractivity contribution < 1.29 is 4.42 Å². The zero-order chi connectivity index (χ0) is 21.4. The molecule has 0 amide bonds. The molecule has 2 heterocycles. The summed E-state index contributed by atoms with van der Waals surface area (Å²) in [5.41, 5.74) is 5.49. The van der Waals surface area contributed by atoms with E-state index < -0.39 is 0 Å². The average Bonchev–Trinajstić information content (AvgIpc) is 3.16. The fourth-order valence-electron chi connectivity index (χ4n) is 3.60. The van der Waals surface area contributed by atoms with Crippen LogP contribution in [0.15, 0.2) is 51.9 Å². The molecule has 2 aromatic carbocycles. The smallest absolute Gasteiger partial charge is 0.237 e. The van der Waals surface area contributed by atoms with E-state index in [0.717, 1.165) is 33.3 Å². The van der Waals surface area contributed by atoms with E-state index in [4.69, 9.17) is 27.6 Å². The Kier molecular flexibility index (Phi) is 5.42. The second-order valence-corrected chi connectivity index (χ2v) is 8.00. The number of para-hydroxylation sites is 1. The third-order valence-corrected chi connectivity index (χ3v) is 6.13. The molecule has 4 rings (SSSR count). The lowest BCUT2D eigenvalue weighted by atomic mass is 10.1. The molecule has 0 fully saturated rings. The van der Waals surface area contributed by atoms with E-state index in [1.54, 1.807) is 6.21 Å². The van der Waals surface area contributed by atoms with Gasteiger partial charge in [-0.2, -0.15) is 5.26 Å². The molecule has 2 aromatic heterocycles. The molecule has 0 atom stereocenters. The highest BCUT2D eigenvalue weighted by Crippen LogP contribution is 2.30. The zero-order valence-corrected chi connectivity index (χ0v) is 18.3. The molecule has 4 aromatic rings. The first-order chi connectivity index (χ1) is 14.4. The average molecular weight is 436 g/mol. The van der Waals surface area contributed by atoms with E-state index in [1.807, 2.05) is 44.2 Å². The summed E-state index contributed by atoms with van der Waals surface area (Å²) in [7, 11) is 0. The largest absolute Gasteiger partial charge is 0.442 e. The Morgan fingerprint density at radius 2 is 1.87 bits per heavy atom. The molecule has 6 heteroatoms. The molecule has 30 heavy (non-hydrogen) atoms. The summed E-state index contributed by atoms with van der Waals surface area (Å²) < 4.78 is 7.90. The SMILES string of the molecule is Cc1oc(N=Cc2c(C)n(Cc3ccc(Cl)c(Cl)c3)c3ccccc23)c(C#N)c1C. The number of rotatable bonds is 4. The van der Waals surface area contributed by atoms with E-state index in [9.17, 15) is 5.26 Å². The van der Waals surface area contributed by atoms with Gasteiger partial charge in [-0.25, -0.2) is 4.99 Å². The Labute approximate surface area is 185 Å². The number of fused-ring (bicyclic) bond motifs is 1. The highest BCUT2D eigenvalue weighted by molar-refractivity contribution is 6.42. The van der Waals surface area contributed by atoms with Gasteiger partial charge in [0.15, 0.2) is 0 Å². The number of halogens is 2. The number of hydrogen-bond acceptors (Lipinski definition) is 3. The van der Waals surface area contributed by atoms with Crippen molar-refractivity contribution in [2.24, 2.45) is 4.99 Å². The highest BCUT2D eigenvalue weighted by Gasteiger charge is 2.16. The lowest BCUT2D eigenvalue weighted by molar-refractivity contribution is 0.542. The molecule has 0 saturated heterocycles. The maximum absolute atomic E-state index is 9.44. The Bertz CT molecular complexity index is 1340. The quantitative estimate of drug-likeness (QED) is 0.319. The summed E-state index contributed by atoms with van der Waals surface area (Å²) in [4.78, 5) is 4.52. The number of nitriles is 1. The molecule has 0 aliphatic rings. The van der Waals surface area contributed by atoms with Gasteiger partial charge in [-0.3, -0.25) is 0 Å². The number of aromatic nitrogens is 1. The first-order valence-electron chi connectivity index (χ1n) is 9.46. The van der Waals surface area contributed by atoms with Crippen molar-refractivity contribution in [2.45, 2.75) is 27.3 Å². The monoisotopic (exact) mass is 435 g/mol. The van der Waals surface area contributed by atoms with Gasteiger partial charge in [0, 0.05) is 40.5 Å².